The zero-order valence-electron chi connectivity index (χ0n) is 12.6. The summed E-state index contributed by atoms with van der Waals surface area (Å²) < 4.78 is 31.6. The van der Waals surface area contributed by atoms with Gasteiger partial charge in [-0.3, -0.25) is 0 Å². The quantitative estimate of drug-likeness (QED) is 0.822. The number of hydrogen-bond donors (Lipinski definition) is 1. The number of halogens is 1. The largest absolute Gasteiger partial charge is 0.465 e. The summed E-state index contributed by atoms with van der Waals surface area (Å²) in [6.07, 6.45) is 0. The molecule has 0 aliphatic heterocycles. The molecule has 0 aromatic heterocycles. The summed E-state index contributed by atoms with van der Waals surface area (Å²) >= 11 is 5.80. The van der Waals surface area contributed by atoms with Crippen LogP contribution in [0.25, 0.3) is 0 Å². The van der Waals surface area contributed by atoms with Gasteiger partial charge in [0.05, 0.1) is 28.2 Å². The highest BCUT2D eigenvalue weighted by Gasteiger charge is 2.16. The summed E-state index contributed by atoms with van der Waals surface area (Å²) in [7, 11) is -2.51. The number of ether oxygens (including phenoxy) is 1. The number of nitrogens with zero attached hydrogens (tertiary/aromatic N) is 1. The van der Waals surface area contributed by atoms with Crippen LogP contribution in [-0.2, 0) is 21.3 Å². The Bertz CT molecular complexity index is 903. The molecule has 0 saturated carbocycles. The van der Waals surface area contributed by atoms with E-state index in [-0.39, 0.29) is 22.0 Å². The lowest BCUT2D eigenvalue weighted by atomic mass is 10.1. The van der Waals surface area contributed by atoms with E-state index in [1.165, 1.54) is 25.3 Å². The molecule has 124 valence electrons. The van der Waals surface area contributed by atoms with E-state index in [0.717, 1.165) is 0 Å². The van der Waals surface area contributed by atoms with Gasteiger partial charge in [0, 0.05) is 6.54 Å². The molecular formula is C16H13ClN2O4S. The lowest BCUT2D eigenvalue weighted by Gasteiger charge is -2.08. The molecule has 2 aromatic rings. The maximum atomic E-state index is 12.3. The highest BCUT2D eigenvalue weighted by molar-refractivity contribution is 7.89. The van der Waals surface area contributed by atoms with Crippen molar-refractivity contribution in [1.29, 1.82) is 5.26 Å². The van der Waals surface area contributed by atoms with Gasteiger partial charge in [-0.2, -0.15) is 5.26 Å². The number of carbonyl (C=O) groups is 1. The second-order valence-corrected chi connectivity index (χ2v) is 6.94. The zero-order valence-corrected chi connectivity index (χ0v) is 14.2. The molecule has 6 nitrogen and oxygen atoms in total. The Morgan fingerprint density at radius 2 is 1.92 bits per heavy atom. The Morgan fingerprint density at radius 1 is 1.25 bits per heavy atom. The minimum atomic E-state index is -3.79. The number of nitriles is 1. The van der Waals surface area contributed by atoms with E-state index in [4.69, 9.17) is 16.9 Å². The number of sulfonamides is 1. The first-order valence-electron chi connectivity index (χ1n) is 6.74. The molecule has 2 aromatic carbocycles. The number of rotatable bonds is 5. The fourth-order valence-corrected chi connectivity index (χ4v) is 3.10. The summed E-state index contributed by atoms with van der Waals surface area (Å²) in [6.45, 7) is 0.0360. The smallest absolute Gasteiger partial charge is 0.337 e. The molecule has 0 spiro atoms. The number of nitrogens with one attached hydrogen (secondary N) is 1. The van der Waals surface area contributed by atoms with Gasteiger partial charge in [0.1, 0.15) is 6.07 Å². The fourth-order valence-electron chi connectivity index (χ4n) is 1.90. The molecule has 0 atom stereocenters. The zero-order chi connectivity index (χ0) is 17.7. The Labute approximate surface area is 144 Å². The molecule has 0 aliphatic rings. The third kappa shape index (κ3) is 4.11. The van der Waals surface area contributed by atoms with E-state index in [2.05, 4.69) is 9.46 Å². The first kappa shape index (κ1) is 17.9. The van der Waals surface area contributed by atoms with Crippen molar-refractivity contribution in [3.05, 3.63) is 64.2 Å². The minimum absolute atomic E-state index is 0.0360. The topological polar surface area (TPSA) is 96.3 Å². The van der Waals surface area contributed by atoms with E-state index in [1.54, 1.807) is 24.3 Å². The van der Waals surface area contributed by atoms with E-state index < -0.39 is 16.0 Å². The molecule has 0 bridgehead atoms. The standard InChI is InChI=1S/C16H13ClN2O4S/c1-23-16(20)12-4-2-11(3-5-12)10-19-24(21,22)14-6-7-15(17)13(8-14)9-18/h2-8,19H,10H2,1H3. The lowest BCUT2D eigenvalue weighted by Crippen LogP contribution is -2.23. The molecule has 0 unspecified atom stereocenters. The van der Waals surface area contributed by atoms with Crippen LogP contribution in [0.3, 0.4) is 0 Å². The monoisotopic (exact) mass is 364 g/mol. The van der Waals surface area contributed by atoms with Crippen LogP contribution < -0.4 is 4.72 Å². The van der Waals surface area contributed by atoms with Crippen molar-refractivity contribution in [2.75, 3.05) is 7.11 Å². The van der Waals surface area contributed by atoms with Gasteiger partial charge in [-0.25, -0.2) is 17.9 Å². The number of esters is 1. The second-order valence-electron chi connectivity index (χ2n) is 4.77. The number of carbonyl (C=O) groups excluding carboxylic acids is 1. The Balaban J connectivity index is 2.13. The van der Waals surface area contributed by atoms with Crippen LogP contribution in [0.2, 0.25) is 5.02 Å². The Kier molecular flexibility index (Phi) is 5.57. The van der Waals surface area contributed by atoms with Gasteiger partial charge in [0.25, 0.3) is 0 Å². The number of hydrogen-bond acceptors (Lipinski definition) is 5. The summed E-state index contributed by atoms with van der Waals surface area (Å²) in [5.41, 5.74) is 1.13. The van der Waals surface area contributed by atoms with Crippen molar-refractivity contribution < 1.29 is 17.9 Å². The van der Waals surface area contributed by atoms with Gasteiger partial charge >= 0.3 is 5.97 Å². The molecule has 24 heavy (non-hydrogen) atoms. The van der Waals surface area contributed by atoms with Crippen LogP contribution in [0.4, 0.5) is 0 Å². The van der Waals surface area contributed by atoms with Gasteiger partial charge in [-0.05, 0) is 35.9 Å². The van der Waals surface area contributed by atoms with Crippen LogP contribution in [0, 0.1) is 11.3 Å². The highest BCUT2D eigenvalue weighted by Crippen LogP contribution is 2.19. The van der Waals surface area contributed by atoms with Gasteiger partial charge in [-0.1, -0.05) is 23.7 Å². The predicted octanol–water partition coefficient (Wildman–Crippen LogP) is 2.48. The van der Waals surface area contributed by atoms with Crippen LogP contribution >= 0.6 is 11.6 Å². The van der Waals surface area contributed by atoms with E-state index >= 15 is 0 Å². The maximum Gasteiger partial charge on any atom is 0.337 e. The summed E-state index contributed by atoms with van der Waals surface area (Å²) in [4.78, 5) is 11.3. The van der Waals surface area contributed by atoms with E-state index in [0.29, 0.717) is 11.1 Å². The SMILES string of the molecule is COC(=O)c1ccc(CNS(=O)(=O)c2ccc(Cl)c(C#N)c2)cc1. The maximum absolute atomic E-state index is 12.3. The van der Waals surface area contributed by atoms with E-state index in [9.17, 15) is 13.2 Å². The summed E-state index contributed by atoms with van der Waals surface area (Å²) in [5.74, 6) is -0.465. The Morgan fingerprint density at radius 3 is 2.50 bits per heavy atom. The fraction of sp³-hybridized carbons (Fsp3) is 0.125. The van der Waals surface area contributed by atoms with Crippen molar-refractivity contribution >= 4 is 27.6 Å². The minimum Gasteiger partial charge on any atom is -0.465 e. The van der Waals surface area contributed by atoms with Crippen molar-refractivity contribution in [1.82, 2.24) is 4.72 Å². The Hall–Kier alpha value is -2.40. The molecule has 8 heteroatoms. The third-order valence-corrected chi connectivity index (χ3v) is 4.94. The number of methoxy groups -OCH3 is 1. The molecule has 0 heterocycles. The molecule has 0 aliphatic carbocycles. The molecule has 0 radical (unpaired) electrons. The van der Waals surface area contributed by atoms with Crippen molar-refractivity contribution in [2.45, 2.75) is 11.4 Å². The van der Waals surface area contributed by atoms with Crippen LogP contribution in [0.1, 0.15) is 21.5 Å². The average Bonchev–Trinajstić information content (AvgIpc) is 2.60. The van der Waals surface area contributed by atoms with Crippen LogP contribution in [0.5, 0.6) is 0 Å². The average molecular weight is 365 g/mol. The highest BCUT2D eigenvalue weighted by atomic mass is 35.5. The third-order valence-electron chi connectivity index (χ3n) is 3.21. The molecule has 0 saturated heterocycles. The van der Waals surface area contributed by atoms with Gasteiger partial charge in [-0.15, -0.1) is 0 Å². The van der Waals surface area contributed by atoms with Gasteiger partial charge in [0.15, 0.2) is 0 Å². The van der Waals surface area contributed by atoms with Crippen molar-refractivity contribution in [2.24, 2.45) is 0 Å². The summed E-state index contributed by atoms with van der Waals surface area (Å²) in [6, 6.07) is 12.1. The number of benzene rings is 2. The van der Waals surface area contributed by atoms with Gasteiger partial charge in [0.2, 0.25) is 10.0 Å². The second kappa shape index (κ2) is 7.45. The molecule has 0 amide bonds. The van der Waals surface area contributed by atoms with Crippen molar-refractivity contribution in [3.63, 3.8) is 0 Å². The molecule has 2 rings (SSSR count). The van der Waals surface area contributed by atoms with E-state index in [1.807, 2.05) is 6.07 Å². The normalized spacial score (nSPS) is 10.9. The van der Waals surface area contributed by atoms with Crippen LogP contribution in [-0.4, -0.2) is 21.5 Å². The van der Waals surface area contributed by atoms with Gasteiger partial charge < -0.3 is 4.74 Å². The van der Waals surface area contributed by atoms with Crippen LogP contribution in [0.15, 0.2) is 47.4 Å². The summed E-state index contributed by atoms with van der Waals surface area (Å²) in [5, 5.41) is 9.11. The van der Waals surface area contributed by atoms with Crippen molar-refractivity contribution in [3.8, 4) is 6.07 Å². The molecule has 0 fully saturated rings. The molecular weight excluding hydrogens is 352 g/mol. The molecule has 1 N–H and O–H groups in total. The first-order valence-corrected chi connectivity index (χ1v) is 8.60. The lowest BCUT2D eigenvalue weighted by molar-refractivity contribution is 0.0600. The first-order chi connectivity index (χ1) is 11.4. The predicted molar refractivity (Wildman–Crippen MR) is 88.0 cm³/mol.